The van der Waals surface area contributed by atoms with Crippen molar-refractivity contribution < 1.29 is 8.78 Å². The highest BCUT2D eigenvalue weighted by molar-refractivity contribution is 7.80. The first-order valence-electron chi connectivity index (χ1n) is 5.04. The third-order valence-corrected chi connectivity index (χ3v) is 2.47. The molecule has 92 valence electrons. The number of halogens is 2. The van der Waals surface area contributed by atoms with Crippen LogP contribution >= 0.6 is 12.2 Å². The Kier molecular flexibility index (Phi) is 3.47. The number of anilines is 2. The number of hydrogen-bond acceptors (Lipinski definition) is 3. The summed E-state index contributed by atoms with van der Waals surface area (Å²) < 4.78 is 26.3. The Bertz CT molecular complexity index is 584. The van der Waals surface area contributed by atoms with Crippen molar-refractivity contribution >= 4 is 28.7 Å². The number of aromatic nitrogens is 1. The van der Waals surface area contributed by atoms with Crippen LogP contribution in [0.3, 0.4) is 0 Å². The lowest BCUT2D eigenvalue weighted by molar-refractivity contribution is 0.603. The Balaban J connectivity index is 2.23. The smallest absolute Gasteiger partial charge is 0.146 e. The molecule has 0 saturated heterocycles. The number of benzene rings is 1. The number of nitrogens with one attached hydrogen (secondary N) is 1. The Morgan fingerprint density at radius 3 is 2.61 bits per heavy atom. The van der Waals surface area contributed by atoms with Gasteiger partial charge in [-0.15, -0.1) is 0 Å². The molecule has 0 atom stereocenters. The van der Waals surface area contributed by atoms with Crippen LogP contribution < -0.4 is 11.1 Å². The molecule has 0 fully saturated rings. The van der Waals surface area contributed by atoms with Gasteiger partial charge in [-0.2, -0.15) is 0 Å². The van der Waals surface area contributed by atoms with E-state index in [0.717, 1.165) is 18.2 Å². The summed E-state index contributed by atoms with van der Waals surface area (Å²) in [6.45, 7) is 0. The quantitative estimate of drug-likeness (QED) is 0.838. The van der Waals surface area contributed by atoms with Crippen molar-refractivity contribution in [2.24, 2.45) is 5.73 Å². The van der Waals surface area contributed by atoms with Crippen molar-refractivity contribution in [3.8, 4) is 0 Å². The lowest BCUT2D eigenvalue weighted by Gasteiger charge is -2.07. The summed E-state index contributed by atoms with van der Waals surface area (Å²) in [5.74, 6) is -0.713. The van der Waals surface area contributed by atoms with Gasteiger partial charge in [0.1, 0.15) is 22.4 Å². The van der Waals surface area contributed by atoms with Gasteiger partial charge >= 0.3 is 0 Å². The number of pyridine rings is 1. The summed E-state index contributed by atoms with van der Waals surface area (Å²) >= 11 is 4.78. The molecule has 1 aromatic heterocycles. The van der Waals surface area contributed by atoms with E-state index in [9.17, 15) is 8.78 Å². The second kappa shape index (κ2) is 5.05. The van der Waals surface area contributed by atoms with Gasteiger partial charge in [0.25, 0.3) is 0 Å². The number of rotatable bonds is 3. The fraction of sp³-hybridized carbons (Fsp3) is 0. The zero-order chi connectivity index (χ0) is 13.1. The van der Waals surface area contributed by atoms with Crippen LogP contribution in [0.25, 0.3) is 0 Å². The van der Waals surface area contributed by atoms with Gasteiger partial charge in [-0.3, -0.25) is 0 Å². The maximum Gasteiger partial charge on any atom is 0.146 e. The van der Waals surface area contributed by atoms with Crippen LogP contribution in [0.4, 0.5) is 20.3 Å². The summed E-state index contributed by atoms with van der Waals surface area (Å²) in [5.41, 5.74) is 6.05. The van der Waals surface area contributed by atoms with E-state index in [1.807, 2.05) is 0 Å². The minimum absolute atomic E-state index is 0.0191. The predicted octanol–water partition coefficient (Wildman–Crippen LogP) is 2.74. The van der Waals surface area contributed by atoms with Crippen LogP contribution in [0.1, 0.15) is 5.56 Å². The molecule has 0 aliphatic heterocycles. The summed E-state index contributed by atoms with van der Waals surface area (Å²) in [7, 11) is 0. The Hall–Kier alpha value is -2.08. The predicted molar refractivity (Wildman–Crippen MR) is 69.8 cm³/mol. The van der Waals surface area contributed by atoms with Gasteiger partial charge in [-0.05, 0) is 24.3 Å². The molecular weight excluding hydrogens is 256 g/mol. The maximum atomic E-state index is 13.4. The molecule has 0 saturated carbocycles. The SMILES string of the molecule is NC(=S)c1ccc(Nc2cc(F)ccc2F)nc1. The minimum Gasteiger partial charge on any atom is -0.389 e. The highest BCUT2D eigenvalue weighted by Crippen LogP contribution is 2.19. The standard InChI is InChI=1S/C12H9F2N3S/c13-8-2-3-9(14)10(5-8)17-11-4-1-7(6-16-11)12(15)18/h1-6H,(H2,15,18)(H,16,17). The number of thiocarbonyl (C=S) groups is 1. The molecule has 18 heavy (non-hydrogen) atoms. The third-order valence-electron chi connectivity index (χ3n) is 2.24. The van der Waals surface area contributed by atoms with Crippen LogP contribution in [0.5, 0.6) is 0 Å². The van der Waals surface area contributed by atoms with Crippen LogP contribution in [-0.2, 0) is 0 Å². The zero-order valence-electron chi connectivity index (χ0n) is 9.15. The largest absolute Gasteiger partial charge is 0.389 e. The average Bonchev–Trinajstić information content (AvgIpc) is 2.34. The number of nitrogens with two attached hydrogens (primary N) is 1. The van der Waals surface area contributed by atoms with Gasteiger partial charge in [0.05, 0.1) is 5.69 Å². The molecule has 6 heteroatoms. The highest BCUT2D eigenvalue weighted by Gasteiger charge is 2.05. The summed E-state index contributed by atoms with van der Waals surface area (Å²) in [4.78, 5) is 4.23. The van der Waals surface area contributed by atoms with E-state index in [1.165, 1.54) is 6.20 Å². The van der Waals surface area contributed by atoms with Crippen molar-refractivity contribution in [2.75, 3.05) is 5.32 Å². The van der Waals surface area contributed by atoms with E-state index in [2.05, 4.69) is 10.3 Å². The second-order valence-electron chi connectivity index (χ2n) is 3.55. The lowest BCUT2D eigenvalue weighted by atomic mass is 10.2. The van der Waals surface area contributed by atoms with Crippen molar-refractivity contribution in [3.05, 3.63) is 53.7 Å². The van der Waals surface area contributed by atoms with Crippen LogP contribution in [0, 0.1) is 11.6 Å². The molecule has 0 bridgehead atoms. The normalized spacial score (nSPS) is 10.1. The monoisotopic (exact) mass is 265 g/mol. The van der Waals surface area contributed by atoms with Gasteiger partial charge in [0.15, 0.2) is 0 Å². The third kappa shape index (κ3) is 2.78. The molecule has 2 rings (SSSR count). The van der Waals surface area contributed by atoms with Crippen LogP contribution in [0.15, 0.2) is 36.5 Å². The van der Waals surface area contributed by atoms with Gasteiger partial charge in [-0.25, -0.2) is 13.8 Å². The lowest BCUT2D eigenvalue weighted by Crippen LogP contribution is -2.09. The minimum atomic E-state index is -0.559. The van der Waals surface area contributed by atoms with E-state index in [1.54, 1.807) is 12.1 Å². The highest BCUT2D eigenvalue weighted by atomic mass is 32.1. The first-order chi connectivity index (χ1) is 8.56. The summed E-state index contributed by atoms with van der Waals surface area (Å²) in [6.07, 6.45) is 1.46. The molecule has 0 aliphatic carbocycles. The van der Waals surface area contributed by atoms with E-state index < -0.39 is 11.6 Å². The molecular formula is C12H9F2N3S. The molecule has 0 aliphatic rings. The Labute approximate surface area is 108 Å². The second-order valence-corrected chi connectivity index (χ2v) is 3.99. The van der Waals surface area contributed by atoms with Gasteiger partial charge in [0, 0.05) is 17.8 Å². The molecule has 3 N–H and O–H groups in total. The molecule has 0 spiro atoms. The van der Waals surface area contributed by atoms with Crippen LogP contribution in [0.2, 0.25) is 0 Å². The average molecular weight is 265 g/mol. The van der Waals surface area contributed by atoms with Gasteiger partial charge < -0.3 is 11.1 Å². The molecule has 0 unspecified atom stereocenters. The fourth-order valence-electron chi connectivity index (χ4n) is 1.34. The van der Waals surface area contributed by atoms with Crippen LogP contribution in [-0.4, -0.2) is 9.97 Å². The molecule has 1 aromatic carbocycles. The van der Waals surface area contributed by atoms with Crippen molar-refractivity contribution in [1.29, 1.82) is 0 Å². The molecule has 0 amide bonds. The van der Waals surface area contributed by atoms with Crippen molar-refractivity contribution in [2.45, 2.75) is 0 Å². The maximum absolute atomic E-state index is 13.4. The zero-order valence-corrected chi connectivity index (χ0v) is 9.97. The number of hydrogen-bond donors (Lipinski definition) is 2. The number of nitrogens with zero attached hydrogens (tertiary/aromatic N) is 1. The van der Waals surface area contributed by atoms with E-state index in [0.29, 0.717) is 11.4 Å². The van der Waals surface area contributed by atoms with Gasteiger partial charge in [0.2, 0.25) is 0 Å². The fourth-order valence-corrected chi connectivity index (χ4v) is 1.47. The molecule has 0 radical (unpaired) electrons. The summed E-state index contributed by atoms with van der Waals surface area (Å²) in [6, 6.07) is 6.37. The Morgan fingerprint density at radius 2 is 2.00 bits per heavy atom. The first-order valence-corrected chi connectivity index (χ1v) is 5.45. The van der Waals surface area contributed by atoms with E-state index >= 15 is 0 Å². The van der Waals surface area contributed by atoms with E-state index in [4.69, 9.17) is 18.0 Å². The molecule has 1 heterocycles. The molecule has 2 aromatic rings. The van der Waals surface area contributed by atoms with Crippen molar-refractivity contribution in [3.63, 3.8) is 0 Å². The van der Waals surface area contributed by atoms with Crippen molar-refractivity contribution in [1.82, 2.24) is 4.98 Å². The molecule has 3 nitrogen and oxygen atoms in total. The Morgan fingerprint density at radius 1 is 1.22 bits per heavy atom. The summed E-state index contributed by atoms with van der Waals surface area (Å²) in [5, 5.41) is 2.67. The topological polar surface area (TPSA) is 50.9 Å². The van der Waals surface area contributed by atoms with Gasteiger partial charge in [-0.1, -0.05) is 12.2 Å². The van der Waals surface area contributed by atoms with E-state index in [-0.39, 0.29) is 10.7 Å². The first kappa shape index (κ1) is 12.4.